The number of benzene rings is 2. The molecule has 0 unspecified atom stereocenters. The summed E-state index contributed by atoms with van der Waals surface area (Å²) in [4.78, 5) is 52.2. The number of carbonyl (C=O) groups is 4. The fraction of sp³-hybridized carbons (Fsp3) is 0.467. The lowest BCUT2D eigenvalue weighted by Crippen LogP contribution is -2.60. The largest absolute Gasteiger partial charge is 0.465 e. The number of hydrogen-bond acceptors (Lipinski definition) is 6. The molecule has 222 valence electrons. The molecule has 4 amide bonds. The molecular weight excluding hydrogens is 548 g/mol. The predicted octanol–water partition coefficient (Wildman–Crippen LogP) is 3.93. The van der Waals surface area contributed by atoms with Crippen molar-refractivity contribution < 1.29 is 29.0 Å². The van der Waals surface area contributed by atoms with E-state index < -0.39 is 35.0 Å². The SMILES string of the molecule is CCOC(=O)CNC(=O)Nc1cccc(C(=O)N[C@@H](C(=O)N2CC[C@](O)(c3ccc(Cl)cc3)C(C)(C)C2)C(C)C)c1. The molecule has 0 saturated carbocycles. The summed E-state index contributed by atoms with van der Waals surface area (Å²) >= 11 is 6.04. The number of nitrogens with one attached hydrogen (secondary N) is 3. The second-order valence-electron chi connectivity index (χ2n) is 11.1. The van der Waals surface area contributed by atoms with Gasteiger partial charge in [-0.05, 0) is 55.2 Å². The molecule has 4 N–H and O–H groups in total. The predicted molar refractivity (Wildman–Crippen MR) is 157 cm³/mol. The summed E-state index contributed by atoms with van der Waals surface area (Å²) < 4.78 is 4.78. The van der Waals surface area contributed by atoms with Crippen molar-refractivity contribution in [1.82, 2.24) is 15.5 Å². The molecule has 11 heteroatoms. The Morgan fingerprint density at radius 2 is 1.78 bits per heavy atom. The lowest BCUT2D eigenvalue weighted by Gasteiger charge is -2.51. The third-order valence-electron chi connectivity index (χ3n) is 7.38. The second kappa shape index (κ2) is 13.4. The van der Waals surface area contributed by atoms with Gasteiger partial charge >= 0.3 is 12.0 Å². The van der Waals surface area contributed by atoms with Gasteiger partial charge in [-0.2, -0.15) is 0 Å². The van der Waals surface area contributed by atoms with Gasteiger partial charge in [0.05, 0.1) is 12.2 Å². The number of urea groups is 1. The van der Waals surface area contributed by atoms with E-state index in [0.29, 0.717) is 30.2 Å². The van der Waals surface area contributed by atoms with Crippen molar-refractivity contribution in [3.63, 3.8) is 0 Å². The van der Waals surface area contributed by atoms with Gasteiger partial charge in [0.25, 0.3) is 5.91 Å². The Balaban J connectivity index is 1.67. The molecular formula is C30H39ClN4O6. The molecule has 0 radical (unpaired) electrons. The number of carbonyl (C=O) groups excluding carboxylic acids is 4. The van der Waals surface area contributed by atoms with Crippen LogP contribution >= 0.6 is 11.6 Å². The molecule has 0 spiro atoms. The number of esters is 1. The molecule has 2 atom stereocenters. The van der Waals surface area contributed by atoms with E-state index in [1.165, 1.54) is 6.07 Å². The second-order valence-corrected chi connectivity index (χ2v) is 11.6. The molecule has 10 nitrogen and oxygen atoms in total. The van der Waals surface area contributed by atoms with Crippen LogP contribution in [0.1, 0.15) is 57.0 Å². The van der Waals surface area contributed by atoms with E-state index in [0.717, 1.165) is 5.56 Å². The van der Waals surface area contributed by atoms with Crippen LogP contribution in [-0.4, -0.2) is 66.1 Å². The summed E-state index contributed by atoms with van der Waals surface area (Å²) in [6.07, 6.45) is 0.331. The maximum Gasteiger partial charge on any atom is 0.325 e. The summed E-state index contributed by atoms with van der Waals surface area (Å²) in [5.74, 6) is -1.47. The van der Waals surface area contributed by atoms with Gasteiger partial charge in [0.15, 0.2) is 0 Å². The van der Waals surface area contributed by atoms with Crippen molar-refractivity contribution in [1.29, 1.82) is 0 Å². The summed E-state index contributed by atoms with van der Waals surface area (Å²) in [6.45, 7) is 9.76. The van der Waals surface area contributed by atoms with E-state index in [2.05, 4.69) is 16.0 Å². The number of amides is 4. The van der Waals surface area contributed by atoms with E-state index in [9.17, 15) is 24.3 Å². The molecule has 0 aliphatic carbocycles. The quantitative estimate of drug-likeness (QED) is 0.329. The maximum absolute atomic E-state index is 13.7. The van der Waals surface area contributed by atoms with Crippen molar-refractivity contribution in [3.05, 3.63) is 64.7 Å². The van der Waals surface area contributed by atoms with Crippen LogP contribution in [-0.2, 0) is 19.9 Å². The molecule has 0 bridgehead atoms. The minimum atomic E-state index is -1.15. The molecule has 3 rings (SSSR count). The Labute approximate surface area is 245 Å². The highest BCUT2D eigenvalue weighted by molar-refractivity contribution is 6.30. The monoisotopic (exact) mass is 586 g/mol. The lowest BCUT2D eigenvalue weighted by atomic mass is 9.66. The van der Waals surface area contributed by atoms with Crippen LogP contribution in [0.25, 0.3) is 0 Å². The minimum absolute atomic E-state index is 0.207. The third kappa shape index (κ3) is 7.77. The highest BCUT2D eigenvalue weighted by Gasteiger charge is 2.50. The molecule has 41 heavy (non-hydrogen) atoms. The molecule has 1 aliphatic rings. The Kier molecular flexibility index (Phi) is 10.4. The number of nitrogens with zero attached hydrogens (tertiary/aromatic N) is 1. The van der Waals surface area contributed by atoms with E-state index in [1.807, 2.05) is 39.8 Å². The fourth-order valence-corrected chi connectivity index (χ4v) is 5.11. The zero-order valence-electron chi connectivity index (χ0n) is 24.1. The molecule has 1 saturated heterocycles. The van der Waals surface area contributed by atoms with Gasteiger partial charge in [0.2, 0.25) is 5.91 Å². The zero-order valence-corrected chi connectivity index (χ0v) is 24.9. The standard InChI is InChI=1S/C30H39ClN4O6/c1-6-41-24(36)17-32-28(39)33-23-9-7-8-20(16-23)26(37)34-25(19(2)3)27(38)35-15-14-30(40,29(4,5)18-35)21-10-12-22(31)13-11-21/h7-13,16,19,25,40H,6,14-15,17-18H2,1-5H3,(H,34,37)(H2,32,33,39)/t25-,30+/m1/s1. The Morgan fingerprint density at radius 3 is 2.39 bits per heavy atom. The van der Waals surface area contributed by atoms with Gasteiger partial charge in [0.1, 0.15) is 12.6 Å². The topological polar surface area (TPSA) is 137 Å². The molecule has 1 fully saturated rings. The number of ether oxygens (including phenoxy) is 1. The highest BCUT2D eigenvalue weighted by Crippen LogP contribution is 2.46. The fourth-order valence-electron chi connectivity index (χ4n) is 4.98. The van der Waals surface area contributed by atoms with Gasteiger partial charge in [-0.1, -0.05) is 57.5 Å². The first kappa shape index (κ1) is 31.9. The number of likely N-dealkylation sites (tertiary alicyclic amines) is 1. The van der Waals surface area contributed by atoms with Crippen LogP contribution in [0.4, 0.5) is 10.5 Å². The average molecular weight is 587 g/mol. The number of piperidine rings is 1. The highest BCUT2D eigenvalue weighted by atomic mass is 35.5. The zero-order chi connectivity index (χ0) is 30.4. The number of anilines is 1. The van der Waals surface area contributed by atoms with Gasteiger partial charge < -0.3 is 30.7 Å². The van der Waals surface area contributed by atoms with Crippen LogP contribution < -0.4 is 16.0 Å². The van der Waals surface area contributed by atoms with Crippen LogP contribution in [0.3, 0.4) is 0 Å². The summed E-state index contributed by atoms with van der Waals surface area (Å²) in [7, 11) is 0. The van der Waals surface area contributed by atoms with Crippen molar-refractivity contribution in [2.45, 2.75) is 52.7 Å². The third-order valence-corrected chi connectivity index (χ3v) is 7.64. The number of halogens is 1. The first-order valence-electron chi connectivity index (χ1n) is 13.7. The molecule has 2 aromatic rings. The van der Waals surface area contributed by atoms with Crippen LogP contribution in [0.2, 0.25) is 5.02 Å². The summed E-state index contributed by atoms with van der Waals surface area (Å²) in [6, 6.07) is 11.9. The van der Waals surface area contributed by atoms with Crippen LogP contribution in [0.5, 0.6) is 0 Å². The molecule has 1 aliphatic heterocycles. The molecule has 1 heterocycles. The van der Waals surface area contributed by atoms with Crippen molar-refractivity contribution in [3.8, 4) is 0 Å². The average Bonchev–Trinajstić information content (AvgIpc) is 2.92. The first-order valence-corrected chi connectivity index (χ1v) is 14.0. The maximum atomic E-state index is 13.7. The number of hydrogen-bond donors (Lipinski definition) is 4. The van der Waals surface area contributed by atoms with Crippen LogP contribution in [0.15, 0.2) is 48.5 Å². The number of aliphatic hydroxyl groups is 1. The Hall–Kier alpha value is -3.63. The van der Waals surface area contributed by atoms with E-state index in [4.69, 9.17) is 16.3 Å². The normalized spacial score (nSPS) is 18.8. The minimum Gasteiger partial charge on any atom is -0.465 e. The van der Waals surface area contributed by atoms with Crippen molar-refractivity contribution in [2.24, 2.45) is 11.3 Å². The van der Waals surface area contributed by atoms with Gasteiger partial charge in [-0.15, -0.1) is 0 Å². The smallest absolute Gasteiger partial charge is 0.325 e. The first-order chi connectivity index (χ1) is 19.3. The van der Waals surface area contributed by atoms with E-state index >= 15 is 0 Å². The van der Waals surface area contributed by atoms with Crippen LogP contribution in [0, 0.1) is 11.3 Å². The van der Waals surface area contributed by atoms with E-state index in [-0.39, 0.29) is 30.5 Å². The Bertz CT molecular complexity index is 1270. The van der Waals surface area contributed by atoms with Gasteiger partial charge in [0, 0.05) is 34.8 Å². The summed E-state index contributed by atoms with van der Waals surface area (Å²) in [5.41, 5.74) is -0.487. The number of rotatable bonds is 9. The van der Waals surface area contributed by atoms with Gasteiger partial charge in [-0.3, -0.25) is 14.4 Å². The van der Waals surface area contributed by atoms with Crippen molar-refractivity contribution in [2.75, 3.05) is 31.6 Å². The van der Waals surface area contributed by atoms with Gasteiger partial charge in [-0.25, -0.2) is 4.79 Å². The summed E-state index contributed by atoms with van der Waals surface area (Å²) in [5, 5.41) is 20.1. The molecule has 0 aromatic heterocycles. The Morgan fingerprint density at radius 1 is 1.10 bits per heavy atom. The lowest BCUT2D eigenvalue weighted by molar-refractivity contribution is -0.155. The molecule has 2 aromatic carbocycles. The van der Waals surface area contributed by atoms with Crippen molar-refractivity contribution >= 4 is 41.1 Å². The van der Waals surface area contributed by atoms with E-state index in [1.54, 1.807) is 42.2 Å².